The van der Waals surface area contributed by atoms with Gasteiger partial charge in [-0.15, -0.1) is 0 Å². The number of rotatable bonds is 4. The van der Waals surface area contributed by atoms with E-state index in [0.29, 0.717) is 18.3 Å². The fraction of sp³-hybridized carbons (Fsp3) is 0.429. The normalized spacial score (nSPS) is 18.9. The second-order valence-electron chi connectivity index (χ2n) is 4.47. The van der Waals surface area contributed by atoms with E-state index >= 15 is 0 Å². The van der Waals surface area contributed by atoms with Crippen LogP contribution in [0.25, 0.3) is 11.4 Å². The van der Waals surface area contributed by atoms with Gasteiger partial charge < -0.3 is 14.6 Å². The van der Waals surface area contributed by atoms with Crippen LogP contribution >= 0.6 is 11.8 Å². The van der Waals surface area contributed by atoms with Gasteiger partial charge in [0, 0.05) is 18.1 Å². The largest absolute Gasteiger partial charge is 0.493 e. The molecule has 1 aromatic heterocycles. The molecule has 6 heteroatoms. The van der Waals surface area contributed by atoms with Gasteiger partial charge in [-0.1, -0.05) is 17.3 Å². The first-order chi connectivity index (χ1) is 9.88. The Labute approximate surface area is 122 Å². The molecule has 1 atom stereocenters. The Morgan fingerprint density at radius 1 is 1.45 bits per heavy atom. The molecule has 1 aliphatic rings. The highest BCUT2D eigenvalue weighted by Gasteiger charge is 2.22. The van der Waals surface area contributed by atoms with Gasteiger partial charge in [0.25, 0.3) is 0 Å². The van der Waals surface area contributed by atoms with Crippen LogP contribution in [-0.4, -0.2) is 34.8 Å². The maximum Gasteiger partial charge on any atom is 0.244 e. The van der Waals surface area contributed by atoms with Crippen LogP contribution in [0.5, 0.6) is 5.75 Å². The number of benzene rings is 1. The van der Waals surface area contributed by atoms with Gasteiger partial charge in [0.1, 0.15) is 5.75 Å². The predicted molar refractivity (Wildman–Crippen MR) is 79.0 cm³/mol. The van der Waals surface area contributed by atoms with Crippen molar-refractivity contribution in [1.29, 1.82) is 0 Å². The Morgan fingerprint density at radius 2 is 2.35 bits per heavy atom. The number of aromatic nitrogens is 2. The first-order valence-corrected chi connectivity index (χ1v) is 7.91. The van der Waals surface area contributed by atoms with Crippen LogP contribution in [-0.2, 0) is 0 Å². The van der Waals surface area contributed by atoms with Crippen LogP contribution < -0.4 is 10.1 Å². The van der Waals surface area contributed by atoms with Crippen molar-refractivity contribution in [2.75, 3.05) is 24.7 Å². The molecule has 1 saturated heterocycles. The van der Waals surface area contributed by atoms with Gasteiger partial charge in [0.05, 0.1) is 18.2 Å². The Bertz CT molecular complexity index is 567. The molecular weight excluding hydrogens is 274 g/mol. The molecule has 1 aromatic carbocycles. The van der Waals surface area contributed by atoms with E-state index < -0.39 is 0 Å². The molecule has 1 fully saturated rings. The highest BCUT2D eigenvalue weighted by molar-refractivity contribution is 7.99. The summed E-state index contributed by atoms with van der Waals surface area (Å²) in [6.45, 7) is 3.55. The van der Waals surface area contributed by atoms with Crippen molar-refractivity contribution in [3.8, 4) is 17.1 Å². The molecule has 106 valence electrons. The molecule has 0 saturated carbocycles. The van der Waals surface area contributed by atoms with Gasteiger partial charge in [-0.3, -0.25) is 0 Å². The lowest BCUT2D eigenvalue weighted by molar-refractivity contribution is 0.338. The molecule has 1 unspecified atom stereocenters. The molecular formula is C14H17N3O2S. The SMILES string of the molecule is CCOc1ccccc1-c1noc(C2CSCCN2)n1. The monoisotopic (exact) mass is 291 g/mol. The molecule has 0 amide bonds. The lowest BCUT2D eigenvalue weighted by Gasteiger charge is -2.19. The molecule has 20 heavy (non-hydrogen) atoms. The van der Waals surface area contributed by atoms with E-state index in [9.17, 15) is 0 Å². The lowest BCUT2D eigenvalue weighted by atomic mass is 10.2. The second kappa shape index (κ2) is 6.28. The Morgan fingerprint density at radius 3 is 3.15 bits per heavy atom. The van der Waals surface area contributed by atoms with Crippen molar-refractivity contribution in [3.05, 3.63) is 30.2 Å². The van der Waals surface area contributed by atoms with E-state index in [2.05, 4.69) is 15.5 Å². The third-order valence-corrected chi connectivity index (χ3v) is 4.15. The zero-order valence-corrected chi connectivity index (χ0v) is 12.2. The summed E-state index contributed by atoms with van der Waals surface area (Å²) in [6.07, 6.45) is 0. The fourth-order valence-electron chi connectivity index (χ4n) is 2.14. The smallest absolute Gasteiger partial charge is 0.244 e. The second-order valence-corrected chi connectivity index (χ2v) is 5.62. The van der Waals surface area contributed by atoms with Crippen LogP contribution in [0.4, 0.5) is 0 Å². The van der Waals surface area contributed by atoms with Crippen LogP contribution in [0.15, 0.2) is 28.8 Å². The number of nitrogens with zero attached hydrogens (tertiary/aromatic N) is 2. The molecule has 2 aromatic rings. The van der Waals surface area contributed by atoms with Gasteiger partial charge in [-0.2, -0.15) is 16.7 Å². The summed E-state index contributed by atoms with van der Waals surface area (Å²) in [6, 6.07) is 7.90. The molecule has 0 spiro atoms. The summed E-state index contributed by atoms with van der Waals surface area (Å²) in [4.78, 5) is 4.51. The zero-order chi connectivity index (χ0) is 13.8. The Kier molecular flexibility index (Phi) is 4.22. The summed E-state index contributed by atoms with van der Waals surface area (Å²) in [7, 11) is 0. The summed E-state index contributed by atoms with van der Waals surface area (Å²) >= 11 is 1.90. The van der Waals surface area contributed by atoms with E-state index in [-0.39, 0.29) is 6.04 Å². The number of hydrogen-bond acceptors (Lipinski definition) is 6. The number of para-hydroxylation sites is 1. The Hall–Kier alpha value is -1.53. The van der Waals surface area contributed by atoms with Crippen molar-refractivity contribution in [2.24, 2.45) is 0 Å². The number of nitrogens with one attached hydrogen (secondary N) is 1. The topological polar surface area (TPSA) is 60.2 Å². The van der Waals surface area contributed by atoms with Gasteiger partial charge in [-0.05, 0) is 19.1 Å². The van der Waals surface area contributed by atoms with Crippen LogP contribution in [0.1, 0.15) is 18.9 Å². The molecule has 0 bridgehead atoms. The minimum absolute atomic E-state index is 0.147. The number of ether oxygens (including phenoxy) is 1. The molecule has 3 rings (SSSR count). The molecule has 0 radical (unpaired) electrons. The summed E-state index contributed by atoms with van der Waals surface area (Å²) in [5.41, 5.74) is 0.868. The lowest BCUT2D eigenvalue weighted by Crippen LogP contribution is -2.30. The average Bonchev–Trinajstić information content (AvgIpc) is 2.99. The van der Waals surface area contributed by atoms with Crippen LogP contribution in [0.2, 0.25) is 0 Å². The predicted octanol–water partition coefficient (Wildman–Crippen LogP) is 2.51. The van der Waals surface area contributed by atoms with Crippen molar-refractivity contribution in [3.63, 3.8) is 0 Å². The maximum atomic E-state index is 5.60. The summed E-state index contributed by atoms with van der Waals surface area (Å²) < 4.78 is 11.0. The summed E-state index contributed by atoms with van der Waals surface area (Å²) in [5.74, 6) is 4.12. The van der Waals surface area contributed by atoms with Crippen molar-refractivity contribution in [2.45, 2.75) is 13.0 Å². The molecule has 1 aliphatic heterocycles. The highest BCUT2D eigenvalue weighted by atomic mass is 32.2. The van der Waals surface area contributed by atoms with E-state index in [4.69, 9.17) is 9.26 Å². The van der Waals surface area contributed by atoms with Gasteiger partial charge in [-0.25, -0.2) is 0 Å². The van der Waals surface area contributed by atoms with E-state index in [0.717, 1.165) is 29.4 Å². The minimum atomic E-state index is 0.147. The van der Waals surface area contributed by atoms with E-state index in [1.54, 1.807) is 0 Å². The number of thioether (sulfide) groups is 1. The maximum absolute atomic E-state index is 5.60. The van der Waals surface area contributed by atoms with Crippen LogP contribution in [0.3, 0.4) is 0 Å². The molecule has 0 aliphatic carbocycles. The van der Waals surface area contributed by atoms with E-state index in [1.165, 1.54) is 0 Å². The highest BCUT2D eigenvalue weighted by Crippen LogP contribution is 2.29. The fourth-order valence-corrected chi connectivity index (χ4v) is 3.07. The van der Waals surface area contributed by atoms with Crippen molar-refractivity contribution in [1.82, 2.24) is 15.5 Å². The molecule has 1 N–H and O–H groups in total. The van der Waals surface area contributed by atoms with E-state index in [1.807, 2.05) is 43.0 Å². The molecule has 5 nitrogen and oxygen atoms in total. The van der Waals surface area contributed by atoms with Crippen molar-refractivity contribution >= 4 is 11.8 Å². The summed E-state index contributed by atoms with van der Waals surface area (Å²) in [5, 5.41) is 7.48. The first kappa shape index (κ1) is 13.5. The number of hydrogen-bond donors (Lipinski definition) is 1. The third kappa shape index (κ3) is 2.81. The van der Waals surface area contributed by atoms with Gasteiger partial charge in [0.2, 0.25) is 11.7 Å². The van der Waals surface area contributed by atoms with Crippen molar-refractivity contribution < 1.29 is 9.26 Å². The first-order valence-electron chi connectivity index (χ1n) is 6.75. The molecule has 2 heterocycles. The van der Waals surface area contributed by atoms with Gasteiger partial charge >= 0.3 is 0 Å². The standard InChI is InChI=1S/C14H17N3O2S/c1-2-18-12-6-4-3-5-10(12)13-16-14(19-17-13)11-9-20-8-7-15-11/h3-6,11,15H,2,7-9H2,1H3. The van der Waals surface area contributed by atoms with Gasteiger partial charge in [0.15, 0.2) is 0 Å². The Balaban J connectivity index is 1.86. The third-order valence-electron chi connectivity index (χ3n) is 3.09. The van der Waals surface area contributed by atoms with Crippen LogP contribution in [0, 0.1) is 0 Å². The minimum Gasteiger partial charge on any atom is -0.493 e. The quantitative estimate of drug-likeness (QED) is 0.934. The zero-order valence-electron chi connectivity index (χ0n) is 11.3. The average molecular weight is 291 g/mol.